The lowest BCUT2D eigenvalue weighted by Gasteiger charge is -2.07. The number of benzene rings is 1. The summed E-state index contributed by atoms with van der Waals surface area (Å²) in [6.07, 6.45) is 1.17. The van der Waals surface area contributed by atoms with Gasteiger partial charge in [0, 0.05) is 11.3 Å². The zero-order valence-corrected chi connectivity index (χ0v) is 11.1. The van der Waals surface area contributed by atoms with Crippen LogP contribution in [-0.4, -0.2) is 9.78 Å². The largest absolute Gasteiger partial charge is 0.238 e. The lowest BCUT2D eigenvalue weighted by Crippen LogP contribution is -2.00. The van der Waals surface area contributed by atoms with Crippen molar-refractivity contribution in [2.24, 2.45) is 11.3 Å². The van der Waals surface area contributed by atoms with Crippen LogP contribution >= 0.6 is 0 Å². The zero-order chi connectivity index (χ0) is 12.5. The maximum Gasteiger partial charge on any atom is 0.0670 e. The summed E-state index contributed by atoms with van der Waals surface area (Å²) in [4.78, 5) is 0. The highest BCUT2D eigenvalue weighted by molar-refractivity contribution is 5.48. The van der Waals surface area contributed by atoms with Gasteiger partial charge in [-0.25, -0.2) is 4.68 Å². The average molecular weight is 238 g/mol. The Morgan fingerprint density at radius 1 is 1.22 bits per heavy atom. The standard InChI is InChI=1S/C16H18N2/c1-10-14-13(9-12-15(14)16(12,2)3)17-18(10)11-7-5-4-6-8-11/h4-8,12,15H,9H2,1-3H3/t12-,15-/m0/s1. The molecular formula is C16H18N2. The first-order chi connectivity index (χ1) is 8.60. The SMILES string of the molecule is Cc1c2c(nn1-c1ccccc1)C[C@H]1[C@@H]2C1(C)C. The van der Waals surface area contributed by atoms with E-state index in [4.69, 9.17) is 5.10 Å². The van der Waals surface area contributed by atoms with Gasteiger partial charge in [0.15, 0.2) is 0 Å². The topological polar surface area (TPSA) is 17.8 Å². The number of nitrogens with zero attached hydrogens (tertiary/aromatic N) is 2. The smallest absolute Gasteiger partial charge is 0.0670 e. The number of para-hydroxylation sites is 1. The van der Waals surface area contributed by atoms with Gasteiger partial charge in [0.25, 0.3) is 0 Å². The molecule has 18 heavy (non-hydrogen) atoms. The van der Waals surface area contributed by atoms with Crippen LogP contribution in [0.3, 0.4) is 0 Å². The summed E-state index contributed by atoms with van der Waals surface area (Å²) < 4.78 is 2.12. The molecule has 1 fully saturated rings. The van der Waals surface area contributed by atoms with Crippen LogP contribution in [0.25, 0.3) is 5.69 Å². The summed E-state index contributed by atoms with van der Waals surface area (Å²) in [7, 11) is 0. The van der Waals surface area contributed by atoms with E-state index in [0.717, 1.165) is 11.8 Å². The molecule has 1 saturated carbocycles. The lowest BCUT2D eigenvalue weighted by molar-refractivity contribution is 0.536. The molecule has 1 aromatic carbocycles. The molecule has 92 valence electrons. The van der Waals surface area contributed by atoms with Gasteiger partial charge in [0.1, 0.15) is 0 Å². The van der Waals surface area contributed by atoms with Gasteiger partial charge < -0.3 is 0 Å². The quantitative estimate of drug-likeness (QED) is 0.743. The fourth-order valence-electron chi connectivity index (χ4n) is 3.85. The van der Waals surface area contributed by atoms with E-state index in [-0.39, 0.29) is 0 Å². The monoisotopic (exact) mass is 238 g/mol. The molecule has 0 aliphatic heterocycles. The zero-order valence-electron chi connectivity index (χ0n) is 11.1. The van der Waals surface area contributed by atoms with E-state index in [1.807, 2.05) is 0 Å². The van der Waals surface area contributed by atoms with Crippen molar-refractivity contribution in [1.82, 2.24) is 9.78 Å². The number of rotatable bonds is 1. The van der Waals surface area contributed by atoms with E-state index >= 15 is 0 Å². The average Bonchev–Trinajstić information content (AvgIpc) is 2.72. The molecule has 0 bridgehead atoms. The number of fused-ring (bicyclic) bond motifs is 3. The Morgan fingerprint density at radius 2 is 1.94 bits per heavy atom. The maximum absolute atomic E-state index is 4.82. The number of hydrogen-bond acceptors (Lipinski definition) is 1. The van der Waals surface area contributed by atoms with Crippen LogP contribution in [0.2, 0.25) is 0 Å². The van der Waals surface area contributed by atoms with Gasteiger partial charge in [-0.05, 0) is 42.7 Å². The van der Waals surface area contributed by atoms with Gasteiger partial charge in [0.2, 0.25) is 0 Å². The molecule has 0 amide bonds. The molecule has 0 unspecified atom stereocenters. The first kappa shape index (κ1) is 10.4. The summed E-state index contributed by atoms with van der Waals surface area (Å²) >= 11 is 0. The summed E-state index contributed by atoms with van der Waals surface area (Å²) in [6.45, 7) is 7.00. The third-order valence-corrected chi connectivity index (χ3v) is 5.01. The van der Waals surface area contributed by atoms with E-state index in [1.54, 1.807) is 0 Å². The molecule has 1 heterocycles. The molecule has 4 rings (SSSR count). The van der Waals surface area contributed by atoms with Crippen LogP contribution in [0, 0.1) is 18.3 Å². The Hall–Kier alpha value is -1.57. The van der Waals surface area contributed by atoms with Gasteiger partial charge in [0.05, 0.1) is 11.4 Å². The molecule has 2 nitrogen and oxygen atoms in total. The molecule has 0 spiro atoms. The van der Waals surface area contributed by atoms with Gasteiger partial charge in [-0.1, -0.05) is 32.0 Å². The lowest BCUT2D eigenvalue weighted by atomic mass is 9.98. The first-order valence-corrected chi connectivity index (χ1v) is 6.74. The minimum atomic E-state index is 0.502. The van der Waals surface area contributed by atoms with Crippen LogP contribution in [0.5, 0.6) is 0 Å². The maximum atomic E-state index is 4.82. The Balaban J connectivity index is 1.84. The Labute approximate surface area is 108 Å². The van der Waals surface area contributed by atoms with Crippen molar-refractivity contribution in [2.45, 2.75) is 33.1 Å². The molecule has 2 aliphatic rings. The van der Waals surface area contributed by atoms with Crippen LogP contribution in [0.1, 0.15) is 36.7 Å². The van der Waals surface area contributed by atoms with Crippen molar-refractivity contribution in [3.05, 3.63) is 47.3 Å². The van der Waals surface area contributed by atoms with Crippen molar-refractivity contribution < 1.29 is 0 Å². The van der Waals surface area contributed by atoms with Gasteiger partial charge in [-0.3, -0.25) is 0 Å². The summed E-state index contributed by atoms with van der Waals surface area (Å²) in [5.41, 5.74) is 5.90. The molecule has 2 aromatic rings. The van der Waals surface area contributed by atoms with Crippen LogP contribution in [0.4, 0.5) is 0 Å². The normalized spacial score (nSPS) is 26.8. The van der Waals surface area contributed by atoms with Gasteiger partial charge >= 0.3 is 0 Å². The van der Waals surface area contributed by atoms with E-state index in [1.165, 1.54) is 29.1 Å². The predicted molar refractivity (Wildman–Crippen MR) is 72.0 cm³/mol. The summed E-state index contributed by atoms with van der Waals surface area (Å²) in [5.74, 6) is 1.60. The predicted octanol–water partition coefficient (Wildman–Crippen LogP) is 3.48. The van der Waals surface area contributed by atoms with Crippen molar-refractivity contribution in [1.29, 1.82) is 0 Å². The summed E-state index contributed by atoms with van der Waals surface area (Å²) in [5, 5.41) is 4.82. The third kappa shape index (κ3) is 1.11. The third-order valence-electron chi connectivity index (χ3n) is 5.01. The molecule has 2 aliphatic carbocycles. The van der Waals surface area contributed by atoms with Crippen LogP contribution in [0.15, 0.2) is 30.3 Å². The Kier molecular flexibility index (Phi) is 1.76. The number of aromatic nitrogens is 2. The molecule has 2 atom stereocenters. The fraction of sp³-hybridized carbons (Fsp3) is 0.438. The van der Waals surface area contributed by atoms with Crippen molar-refractivity contribution in [2.75, 3.05) is 0 Å². The molecule has 0 saturated heterocycles. The molecule has 2 heteroatoms. The van der Waals surface area contributed by atoms with Crippen molar-refractivity contribution in [3.63, 3.8) is 0 Å². The highest BCUT2D eigenvalue weighted by atomic mass is 15.3. The second-order valence-electron chi connectivity index (χ2n) is 6.30. The fourth-order valence-corrected chi connectivity index (χ4v) is 3.85. The van der Waals surface area contributed by atoms with E-state index in [9.17, 15) is 0 Å². The highest BCUT2D eigenvalue weighted by Crippen LogP contribution is 2.70. The second-order valence-corrected chi connectivity index (χ2v) is 6.30. The van der Waals surface area contributed by atoms with Gasteiger partial charge in [-0.2, -0.15) is 5.10 Å². The minimum absolute atomic E-state index is 0.502. The highest BCUT2D eigenvalue weighted by Gasteiger charge is 2.63. The van der Waals surface area contributed by atoms with Gasteiger partial charge in [-0.15, -0.1) is 0 Å². The van der Waals surface area contributed by atoms with E-state index in [0.29, 0.717) is 5.41 Å². The minimum Gasteiger partial charge on any atom is -0.238 e. The van der Waals surface area contributed by atoms with Crippen LogP contribution in [-0.2, 0) is 6.42 Å². The second kappa shape index (κ2) is 3.05. The molecular weight excluding hydrogens is 220 g/mol. The van der Waals surface area contributed by atoms with E-state index in [2.05, 4.69) is 55.8 Å². The summed E-state index contributed by atoms with van der Waals surface area (Å²) in [6, 6.07) is 10.5. The Bertz CT molecular complexity index is 622. The van der Waals surface area contributed by atoms with Crippen molar-refractivity contribution in [3.8, 4) is 5.69 Å². The van der Waals surface area contributed by atoms with E-state index < -0.39 is 0 Å². The van der Waals surface area contributed by atoms with Crippen LogP contribution < -0.4 is 0 Å². The molecule has 0 N–H and O–H groups in total. The molecule has 1 aromatic heterocycles. The molecule has 0 radical (unpaired) electrons. The Morgan fingerprint density at radius 3 is 2.67 bits per heavy atom. The van der Waals surface area contributed by atoms with Crippen molar-refractivity contribution >= 4 is 0 Å². The number of hydrogen-bond donors (Lipinski definition) is 0. The first-order valence-electron chi connectivity index (χ1n) is 6.74.